The molecule has 48 heavy (non-hydrogen) atoms. The van der Waals surface area contributed by atoms with E-state index in [-0.39, 0.29) is 43.9 Å². The minimum Gasteiger partial charge on any atom is -0.453 e. The minimum atomic E-state index is -0.710. The van der Waals surface area contributed by atoms with E-state index < -0.39 is 12.6 Å². The van der Waals surface area contributed by atoms with Gasteiger partial charge in [-0.15, -0.1) is 0 Å². The second-order valence-electron chi connectivity index (χ2n) is 15.7. The van der Waals surface area contributed by atoms with Crippen LogP contribution in [0.1, 0.15) is 109 Å². The molecule has 4 aromatic carbocycles. The first-order chi connectivity index (χ1) is 22.7. The Kier molecular flexibility index (Phi) is 5.61. The molecular formula is C38H34N2O8. The zero-order chi connectivity index (χ0) is 33.6. The molecule has 0 aromatic heterocycles. The first-order valence-electron chi connectivity index (χ1n) is 16.3. The highest BCUT2D eigenvalue weighted by Crippen LogP contribution is 2.58. The average molecular weight is 647 g/mol. The first kappa shape index (κ1) is 29.1. The van der Waals surface area contributed by atoms with E-state index >= 15 is 0 Å². The summed E-state index contributed by atoms with van der Waals surface area (Å²) in [5.41, 5.74) is 7.88. The van der Waals surface area contributed by atoms with E-state index in [9.17, 15) is 20.2 Å². The summed E-state index contributed by atoms with van der Waals surface area (Å²) in [7, 11) is 0. The third-order valence-corrected chi connectivity index (χ3v) is 10.5. The Hall–Kier alpha value is -5.12. The molecule has 16 bridgehead atoms. The molecule has 0 saturated heterocycles. The van der Waals surface area contributed by atoms with E-state index in [2.05, 4.69) is 65.8 Å². The van der Waals surface area contributed by atoms with Crippen molar-refractivity contribution in [2.45, 2.75) is 89.6 Å². The molecule has 6 aliphatic heterocycles. The smallest absolute Gasteiger partial charge is 0.270 e. The van der Waals surface area contributed by atoms with Gasteiger partial charge in [0.15, 0.2) is 0 Å². The van der Waals surface area contributed by atoms with Crippen LogP contribution in [0.25, 0.3) is 0 Å². The van der Waals surface area contributed by atoms with Crippen LogP contribution in [0.15, 0.2) is 48.5 Å². The number of nitro benzene ring substituents is 2. The highest BCUT2D eigenvalue weighted by atomic mass is 16.7. The Morgan fingerprint density at radius 1 is 0.521 bits per heavy atom. The largest absolute Gasteiger partial charge is 0.453 e. The fourth-order valence-electron chi connectivity index (χ4n) is 8.04. The molecule has 10 heteroatoms. The maximum atomic E-state index is 12.4. The van der Waals surface area contributed by atoms with Gasteiger partial charge in [0, 0.05) is 70.5 Å². The molecule has 0 spiro atoms. The van der Waals surface area contributed by atoms with E-state index in [1.807, 2.05) is 0 Å². The van der Waals surface area contributed by atoms with E-state index in [1.54, 1.807) is 24.3 Å². The van der Waals surface area contributed by atoms with Crippen LogP contribution in [0, 0.1) is 20.2 Å². The third-order valence-electron chi connectivity index (χ3n) is 10.5. The number of hydrogen-bond acceptors (Lipinski definition) is 8. The van der Waals surface area contributed by atoms with Crippen molar-refractivity contribution in [3.05, 3.63) is 124 Å². The van der Waals surface area contributed by atoms with E-state index in [0.717, 1.165) is 44.5 Å². The minimum absolute atomic E-state index is 0.00793. The monoisotopic (exact) mass is 646 g/mol. The van der Waals surface area contributed by atoms with Gasteiger partial charge in [-0.1, -0.05) is 65.8 Å². The zero-order valence-corrected chi connectivity index (χ0v) is 27.5. The van der Waals surface area contributed by atoms with Gasteiger partial charge in [-0.25, -0.2) is 0 Å². The van der Waals surface area contributed by atoms with Crippen molar-refractivity contribution >= 4 is 11.4 Å². The van der Waals surface area contributed by atoms with Crippen LogP contribution in [0.3, 0.4) is 0 Å². The summed E-state index contributed by atoms with van der Waals surface area (Å²) in [6.07, 6.45) is -0.804. The van der Waals surface area contributed by atoms with Crippen molar-refractivity contribution in [2.24, 2.45) is 0 Å². The lowest BCUT2D eigenvalue weighted by Crippen LogP contribution is -2.20. The van der Waals surface area contributed by atoms with Crippen molar-refractivity contribution in [1.82, 2.24) is 0 Å². The Morgan fingerprint density at radius 2 is 0.833 bits per heavy atom. The molecule has 10 rings (SSSR count). The summed E-state index contributed by atoms with van der Waals surface area (Å²) in [5, 5.41) is 24.7. The molecule has 0 fully saturated rings. The molecule has 4 aromatic rings. The molecule has 244 valence electrons. The number of ether oxygens (including phenoxy) is 4. The summed E-state index contributed by atoms with van der Waals surface area (Å²) < 4.78 is 26.4. The van der Waals surface area contributed by atoms with Crippen molar-refractivity contribution in [3.63, 3.8) is 0 Å². The molecule has 6 heterocycles. The number of hydrogen-bond donors (Lipinski definition) is 0. The maximum absolute atomic E-state index is 12.4. The third kappa shape index (κ3) is 4.04. The summed E-state index contributed by atoms with van der Waals surface area (Å²) in [4.78, 5) is 24.0. The second kappa shape index (κ2) is 9.27. The first-order valence-corrected chi connectivity index (χ1v) is 16.3. The molecule has 0 radical (unpaired) electrons. The van der Waals surface area contributed by atoms with Crippen LogP contribution < -0.4 is 18.9 Å². The Morgan fingerprint density at radius 3 is 1.15 bits per heavy atom. The molecule has 4 unspecified atom stereocenters. The summed E-state index contributed by atoms with van der Waals surface area (Å²) >= 11 is 0. The van der Waals surface area contributed by atoms with Crippen LogP contribution in [0.4, 0.5) is 11.4 Å². The highest BCUT2D eigenvalue weighted by Gasteiger charge is 2.50. The zero-order valence-electron chi connectivity index (χ0n) is 27.5. The lowest BCUT2D eigenvalue weighted by Gasteiger charge is -2.24. The van der Waals surface area contributed by atoms with Gasteiger partial charge in [0.1, 0.15) is 23.0 Å². The Labute approximate surface area is 276 Å². The molecule has 0 N–H and O–H groups in total. The lowest BCUT2D eigenvalue weighted by molar-refractivity contribution is -0.385. The standard InChI is InChI=1S/C38H34N2O8/c1-37(2,3)21-9-17-7-19-11-23(39(41)42)16-28-30-26-14-22(38(4,5)6)10-18(32(26)46-36(30)48-33(19)28)8-20-12-24(40(43)44)15-27-29-25(13-21)31(17)45-35(29)47-34(20)27/h9-16,29-30,35-36H,7-8H2,1-6H3. The number of rotatable bonds is 2. The molecular weight excluding hydrogens is 612 g/mol. The van der Waals surface area contributed by atoms with E-state index in [1.165, 1.54) is 0 Å². The van der Waals surface area contributed by atoms with Gasteiger partial charge in [0.25, 0.3) is 24.0 Å². The number of non-ortho nitro benzene ring substituents is 2. The molecule has 0 aliphatic carbocycles. The van der Waals surface area contributed by atoms with Gasteiger partial charge >= 0.3 is 0 Å². The van der Waals surface area contributed by atoms with Crippen molar-refractivity contribution in [2.75, 3.05) is 0 Å². The maximum Gasteiger partial charge on any atom is 0.270 e. The topological polar surface area (TPSA) is 123 Å². The predicted octanol–water partition coefficient (Wildman–Crippen LogP) is 8.08. The van der Waals surface area contributed by atoms with Crippen LogP contribution >= 0.6 is 0 Å². The van der Waals surface area contributed by atoms with Gasteiger partial charge in [-0.2, -0.15) is 0 Å². The second-order valence-corrected chi connectivity index (χ2v) is 15.7. The van der Waals surface area contributed by atoms with Gasteiger partial charge in [0.2, 0.25) is 0 Å². The Balaban J connectivity index is 1.38. The van der Waals surface area contributed by atoms with Crippen molar-refractivity contribution in [1.29, 1.82) is 0 Å². The summed E-state index contributed by atoms with van der Waals surface area (Å²) in [5.74, 6) is 1.71. The normalized spacial score (nSPS) is 22.0. The Bertz CT molecular complexity index is 2000. The van der Waals surface area contributed by atoms with Gasteiger partial charge in [-0.3, -0.25) is 20.2 Å². The average Bonchev–Trinajstić information content (AvgIpc) is 3.73. The number of nitrogens with zero attached hydrogens (tertiary/aromatic N) is 2. The summed E-state index contributed by atoms with van der Waals surface area (Å²) in [6.45, 7) is 12.8. The van der Waals surface area contributed by atoms with Crippen LogP contribution in [-0.4, -0.2) is 22.4 Å². The molecule has 4 atom stereocenters. The van der Waals surface area contributed by atoms with Gasteiger partial charge in [-0.05, 0) is 33.1 Å². The molecule has 0 saturated carbocycles. The number of nitro groups is 2. The number of benzene rings is 4. The van der Waals surface area contributed by atoms with Crippen molar-refractivity contribution in [3.8, 4) is 23.0 Å². The van der Waals surface area contributed by atoms with Crippen LogP contribution in [-0.2, 0) is 23.7 Å². The lowest BCUT2D eigenvalue weighted by atomic mass is 9.80. The van der Waals surface area contributed by atoms with Crippen molar-refractivity contribution < 1.29 is 28.8 Å². The molecule has 0 amide bonds. The highest BCUT2D eigenvalue weighted by molar-refractivity contribution is 5.67. The molecule has 6 aliphatic rings. The van der Waals surface area contributed by atoms with E-state index in [0.29, 0.717) is 47.0 Å². The van der Waals surface area contributed by atoms with Gasteiger partial charge < -0.3 is 18.9 Å². The SMILES string of the molecule is CC(C)(C)c1cc2c3c(c1)C1c4cc([N+](=O)[O-])cc(c4OC1O3)Cc1cc(C(C)(C)C)cc3c1OC1Oc4c(cc([N+](=O)[O-])cc4C31)C2. The predicted molar refractivity (Wildman–Crippen MR) is 176 cm³/mol. The van der Waals surface area contributed by atoms with Crippen LogP contribution in [0.2, 0.25) is 0 Å². The summed E-state index contributed by atoms with van der Waals surface area (Å²) in [6, 6.07) is 14.9. The molecule has 10 nitrogen and oxygen atoms in total. The van der Waals surface area contributed by atoms with Gasteiger partial charge in [0.05, 0.1) is 21.7 Å². The quantitative estimate of drug-likeness (QED) is 0.158. The van der Waals surface area contributed by atoms with E-state index in [4.69, 9.17) is 18.9 Å². The fraction of sp³-hybridized carbons (Fsp3) is 0.368. The fourth-order valence-corrected chi connectivity index (χ4v) is 8.04. The van der Waals surface area contributed by atoms with Crippen LogP contribution in [0.5, 0.6) is 23.0 Å².